The van der Waals surface area contributed by atoms with E-state index in [9.17, 15) is 4.79 Å². The molecule has 0 aromatic carbocycles. The highest BCUT2D eigenvalue weighted by Crippen LogP contribution is 2.07. The van der Waals surface area contributed by atoms with E-state index in [1.807, 2.05) is 0 Å². The summed E-state index contributed by atoms with van der Waals surface area (Å²) in [5.74, 6) is -0.231. The Bertz CT molecular complexity index is 212. The maximum Gasteiger partial charge on any atom is 0.218 e. The molecule has 0 radical (unpaired) electrons. The van der Waals surface area contributed by atoms with Gasteiger partial charge in [0.1, 0.15) is 0 Å². The fourth-order valence-corrected chi connectivity index (χ4v) is 1.48. The molecule has 0 saturated carbocycles. The van der Waals surface area contributed by atoms with Crippen molar-refractivity contribution in [1.29, 1.82) is 0 Å². The molecule has 0 saturated heterocycles. The number of primary amides is 1. The molecule has 0 aliphatic rings. The van der Waals surface area contributed by atoms with E-state index in [0.29, 0.717) is 13.0 Å². The van der Waals surface area contributed by atoms with Crippen molar-refractivity contribution in [2.45, 2.75) is 52.4 Å². The van der Waals surface area contributed by atoms with Gasteiger partial charge in [-0.25, -0.2) is 0 Å². The summed E-state index contributed by atoms with van der Waals surface area (Å²) < 4.78 is 0. The van der Waals surface area contributed by atoms with E-state index in [-0.39, 0.29) is 5.91 Å². The molecule has 0 aliphatic carbocycles. The van der Waals surface area contributed by atoms with Gasteiger partial charge in [-0.05, 0) is 39.2 Å². The van der Waals surface area contributed by atoms with Gasteiger partial charge in [0, 0.05) is 13.0 Å². The fourth-order valence-electron chi connectivity index (χ4n) is 1.48. The first-order valence-electron chi connectivity index (χ1n) is 6.31. The number of hydrogen-bond donors (Lipinski definition) is 2. The van der Waals surface area contributed by atoms with E-state index >= 15 is 0 Å². The Balaban J connectivity index is 3.23. The van der Waals surface area contributed by atoms with Crippen LogP contribution in [-0.4, -0.2) is 19.0 Å². The standard InChI is InChI=1S/C13H26N2O/c1-3-4-7-12(2)8-5-6-10-15-11-9-13(14)16/h7,15H,3-6,8-11H2,1-2H3,(H2,14,16)/b12-7+. The lowest BCUT2D eigenvalue weighted by atomic mass is 10.1. The van der Waals surface area contributed by atoms with Crippen molar-refractivity contribution < 1.29 is 4.79 Å². The Morgan fingerprint density at radius 1 is 1.25 bits per heavy atom. The van der Waals surface area contributed by atoms with Crippen LogP contribution in [-0.2, 0) is 4.79 Å². The summed E-state index contributed by atoms with van der Waals surface area (Å²) in [6.45, 7) is 6.09. The highest BCUT2D eigenvalue weighted by atomic mass is 16.1. The lowest BCUT2D eigenvalue weighted by Gasteiger charge is -2.04. The molecule has 1 amide bonds. The van der Waals surface area contributed by atoms with Crippen LogP contribution in [0.4, 0.5) is 0 Å². The Morgan fingerprint density at radius 2 is 2.00 bits per heavy atom. The average molecular weight is 226 g/mol. The van der Waals surface area contributed by atoms with Gasteiger partial charge in [0.2, 0.25) is 5.91 Å². The lowest BCUT2D eigenvalue weighted by Crippen LogP contribution is -2.22. The summed E-state index contributed by atoms with van der Waals surface area (Å²) >= 11 is 0. The molecule has 0 aliphatic heterocycles. The number of carbonyl (C=O) groups excluding carboxylic acids is 1. The van der Waals surface area contributed by atoms with Crippen LogP contribution in [0.15, 0.2) is 11.6 Å². The minimum Gasteiger partial charge on any atom is -0.370 e. The van der Waals surface area contributed by atoms with Gasteiger partial charge in [-0.15, -0.1) is 0 Å². The normalized spacial score (nSPS) is 11.8. The molecule has 16 heavy (non-hydrogen) atoms. The second-order valence-electron chi connectivity index (χ2n) is 4.26. The monoisotopic (exact) mass is 226 g/mol. The smallest absolute Gasteiger partial charge is 0.218 e. The third kappa shape index (κ3) is 11.2. The van der Waals surface area contributed by atoms with Gasteiger partial charge in [-0.3, -0.25) is 4.79 Å². The average Bonchev–Trinajstić information content (AvgIpc) is 2.24. The molecule has 3 N–H and O–H groups in total. The Labute approximate surface area is 99.5 Å². The zero-order chi connectivity index (χ0) is 12.2. The van der Waals surface area contributed by atoms with Gasteiger partial charge < -0.3 is 11.1 Å². The van der Waals surface area contributed by atoms with Crippen molar-refractivity contribution in [3.63, 3.8) is 0 Å². The van der Waals surface area contributed by atoms with E-state index in [2.05, 4.69) is 25.2 Å². The number of rotatable bonds is 10. The number of amides is 1. The Morgan fingerprint density at radius 3 is 2.62 bits per heavy atom. The van der Waals surface area contributed by atoms with Crippen LogP contribution in [0.25, 0.3) is 0 Å². The molecule has 0 unspecified atom stereocenters. The van der Waals surface area contributed by atoms with Gasteiger partial charge in [0.25, 0.3) is 0 Å². The van der Waals surface area contributed by atoms with Crippen LogP contribution in [0, 0.1) is 0 Å². The van der Waals surface area contributed by atoms with Crippen LogP contribution in [0.1, 0.15) is 52.4 Å². The fraction of sp³-hybridized carbons (Fsp3) is 0.769. The van der Waals surface area contributed by atoms with Crippen LogP contribution in [0.5, 0.6) is 0 Å². The number of allylic oxidation sites excluding steroid dienone is 2. The molecule has 0 rings (SSSR count). The molecule has 94 valence electrons. The summed E-state index contributed by atoms with van der Waals surface area (Å²) in [6, 6.07) is 0. The van der Waals surface area contributed by atoms with E-state index in [4.69, 9.17) is 5.73 Å². The minimum absolute atomic E-state index is 0.231. The van der Waals surface area contributed by atoms with Crippen LogP contribution in [0.2, 0.25) is 0 Å². The van der Waals surface area contributed by atoms with Crippen molar-refractivity contribution in [3.05, 3.63) is 11.6 Å². The van der Waals surface area contributed by atoms with Gasteiger partial charge in [-0.1, -0.05) is 25.0 Å². The first-order valence-corrected chi connectivity index (χ1v) is 6.31. The second kappa shape index (κ2) is 10.7. The Hall–Kier alpha value is -0.830. The third-order valence-electron chi connectivity index (χ3n) is 2.50. The molecule has 0 atom stereocenters. The van der Waals surface area contributed by atoms with Crippen LogP contribution in [0.3, 0.4) is 0 Å². The number of hydrogen-bond acceptors (Lipinski definition) is 2. The van der Waals surface area contributed by atoms with Crippen molar-refractivity contribution >= 4 is 5.91 Å². The summed E-state index contributed by atoms with van der Waals surface area (Å²) in [4.78, 5) is 10.5. The van der Waals surface area contributed by atoms with Crippen molar-refractivity contribution in [3.8, 4) is 0 Å². The maximum atomic E-state index is 10.5. The van der Waals surface area contributed by atoms with Gasteiger partial charge in [-0.2, -0.15) is 0 Å². The van der Waals surface area contributed by atoms with E-state index in [0.717, 1.165) is 13.0 Å². The van der Waals surface area contributed by atoms with Crippen LogP contribution >= 0.6 is 0 Å². The predicted molar refractivity (Wildman–Crippen MR) is 69.2 cm³/mol. The van der Waals surface area contributed by atoms with Gasteiger partial charge in [0.05, 0.1) is 0 Å². The molecule has 0 fully saturated rings. The molecular formula is C13H26N2O. The number of nitrogens with one attached hydrogen (secondary N) is 1. The SMILES string of the molecule is CCC/C=C(\C)CCCCNCCC(N)=O. The largest absolute Gasteiger partial charge is 0.370 e. The van der Waals surface area contributed by atoms with E-state index in [1.54, 1.807) is 0 Å². The molecule has 0 aromatic heterocycles. The van der Waals surface area contributed by atoms with Gasteiger partial charge >= 0.3 is 0 Å². The summed E-state index contributed by atoms with van der Waals surface area (Å²) in [6.07, 6.45) is 8.77. The molecule has 0 heterocycles. The van der Waals surface area contributed by atoms with Gasteiger partial charge in [0.15, 0.2) is 0 Å². The molecule has 0 aromatic rings. The molecule has 3 heteroatoms. The Kier molecular flexibility index (Phi) is 10.1. The van der Waals surface area contributed by atoms with E-state index < -0.39 is 0 Å². The van der Waals surface area contributed by atoms with Crippen LogP contribution < -0.4 is 11.1 Å². The highest BCUT2D eigenvalue weighted by molar-refractivity contribution is 5.73. The topological polar surface area (TPSA) is 55.1 Å². The zero-order valence-corrected chi connectivity index (χ0v) is 10.7. The first-order chi connectivity index (χ1) is 7.66. The third-order valence-corrected chi connectivity index (χ3v) is 2.50. The van der Waals surface area contributed by atoms with E-state index in [1.165, 1.54) is 31.3 Å². The highest BCUT2D eigenvalue weighted by Gasteiger charge is 1.94. The predicted octanol–water partition coefficient (Wildman–Crippen LogP) is 2.37. The van der Waals surface area contributed by atoms with Crippen molar-refractivity contribution in [1.82, 2.24) is 5.32 Å². The van der Waals surface area contributed by atoms with Crippen molar-refractivity contribution in [2.24, 2.45) is 5.73 Å². The lowest BCUT2D eigenvalue weighted by molar-refractivity contribution is -0.117. The molecular weight excluding hydrogens is 200 g/mol. The summed E-state index contributed by atoms with van der Waals surface area (Å²) in [7, 11) is 0. The number of unbranched alkanes of at least 4 members (excludes halogenated alkanes) is 2. The quantitative estimate of drug-likeness (QED) is 0.444. The van der Waals surface area contributed by atoms with Crippen molar-refractivity contribution in [2.75, 3.05) is 13.1 Å². The zero-order valence-electron chi connectivity index (χ0n) is 10.7. The first kappa shape index (κ1) is 15.2. The summed E-state index contributed by atoms with van der Waals surface area (Å²) in [5, 5.41) is 3.21. The molecule has 3 nitrogen and oxygen atoms in total. The number of nitrogens with two attached hydrogens (primary N) is 1. The maximum absolute atomic E-state index is 10.5. The summed E-state index contributed by atoms with van der Waals surface area (Å²) in [5.41, 5.74) is 6.53. The minimum atomic E-state index is -0.231. The molecule has 0 bridgehead atoms. The second-order valence-corrected chi connectivity index (χ2v) is 4.26. The number of carbonyl (C=O) groups is 1. The molecule has 0 spiro atoms.